The topological polar surface area (TPSA) is 6.48 Å². The maximum Gasteiger partial charge on any atom is 0.0715 e. The fraction of sp³-hybridized carbons (Fsp3) is 0.333. The minimum Gasteiger partial charge on any atom is -0.350 e. The average Bonchev–Trinajstić information content (AvgIpc) is 2.68. The lowest BCUT2D eigenvalue weighted by Crippen LogP contribution is -2.26. The summed E-state index contributed by atoms with van der Waals surface area (Å²) >= 11 is 0. The Bertz CT molecular complexity index is 649. The van der Waals surface area contributed by atoms with Crippen molar-refractivity contribution in [3.63, 3.8) is 0 Å². The number of likely N-dealkylation sites (N-methyl/N-ethyl adjacent to an activating group) is 1. The van der Waals surface area contributed by atoms with Crippen molar-refractivity contribution < 1.29 is 0 Å². The van der Waals surface area contributed by atoms with Gasteiger partial charge in [0.2, 0.25) is 0 Å². The molecule has 0 aliphatic carbocycles. The zero-order chi connectivity index (χ0) is 13.7. The van der Waals surface area contributed by atoms with Gasteiger partial charge in [0.1, 0.15) is 0 Å². The molecule has 2 nitrogen and oxygen atoms in total. The summed E-state index contributed by atoms with van der Waals surface area (Å²) in [4.78, 5) is 5.02. The van der Waals surface area contributed by atoms with Crippen LogP contribution in [0.25, 0.3) is 0 Å². The molecule has 0 amide bonds. The number of para-hydroxylation sites is 1. The van der Waals surface area contributed by atoms with E-state index in [4.69, 9.17) is 0 Å². The number of anilines is 1. The highest BCUT2D eigenvalue weighted by atomic mass is 15.4. The van der Waals surface area contributed by atoms with Gasteiger partial charge >= 0.3 is 0 Å². The molecule has 102 valence electrons. The number of benzene rings is 2. The van der Waals surface area contributed by atoms with Crippen LogP contribution in [0.3, 0.4) is 0 Å². The lowest BCUT2D eigenvalue weighted by molar-refractivity contribution is 0.317. The first kappa shape index (κ1) is 12.0. The molecular weight excluding hydrogens is 244 g/mol. The van der Waals surface area contributed by atoms with Gasteiger partial charge in [-0.2, -0.15) is 0 Å². The van der Waals surface area contributed by atoms with Gasteiger partial charge in [0.05, 0.1) is 12.7 Å². The van der Waals surface area contributed by atoms with Crippen molar-refractivity contribution >= 4 is 5.69 Å². The molecule has 2 aliphatic rings. The maximum atomic E-state index is 2.58. The molecule has 2 aliphatic heterocycles. The molecule has 1 fully saturated rings. The van der Waals surface area contributed by atoms with Gasteiger partial charge in [0.15, 0.2) is 0 Å². The van der Waals surface area contributed by atoms with Crippen molar-refractivity contribution in [3.8, 4) is 0 Å². The lowest BCUT2D eigenvalue weighted by Gasteiger charge is -2.28. The van der Waals surface area contributed by atoms with Gasteiger partial charge in [-0.25, -0.2) is 0 Å². The molecule has 2 aromatic carbocycles. The van der Waals surface area contributed by atoms with Crippen LogP contribution in [0.5, 0.6) is 0 Å². The summed E-state index contributed by atoms with van der Waals surface area (Å²) in [6, 6.07) is 18.8. The summed E-state index contributed by atoms with van der Waals surface area (Å²) in [6.07, 6.45) is 1.05. The van der Waals surface area contributed by atoms with E-state index < -0.39 is 0 Å². The lowest BCUT2D eigenvalue weighted by atomic mass is 9.94. The van der Waals surface area contributed by atoms with Gasteiger partial charge in [0.25, 0.3) is 0 Å². The molecule has 0 spiro atoms. The van der Waals surface area contributed by atoms with Crippen molar-refractivity contribution in [2.75, 3.05) is 18.6 Å². The highest BCUT2D eigenvalue weighted by molar-refractivity contribution is 5.61. The second-order valence-electron chi connectivity index (χ2n) is 6.06. The van der Waals surface area contributed by atoms with Gasteiger partial charge in [0, 0.05) is 11.7 Å². The van der Waals surface area contributed by atoms with E-state index in [0.29, 0.717) is 12.1 Å². The van der Waals surface area contributed by atoms with E-state index in [9.17, 15) is 0 Å². The van der Waals surface area contributed by atoms with Crippen LogP contribution in [0.2, 0.25) is 0 Å². The first-order valence-electron chi connectivity index (χ1n) is 7.38. The van der Waals surface area contributed by atoms with Crippen LogP contribution >= 0.6 is 0 Å². The molecule has 2 atom stereocenters. The predicted octanol–water partition coefficient (Wildman–Crippen LogP) is 3.43. The van der Waals surface area contributed by atoms with E-state index in [1.807, 2.05) is 0 Å². The molecular formula is C18H20N2. The Morgan fingerprint density at radius 1 is 0.950 bits per heavy atom. The van der Waals surface area contributed by atoms with E-state index in [1.165, 1.54) is 22.4 Å². The van der Waals surface area contributed by atoms with Gasteiger partial charge < -0.3 is 4.90 Å². The highest BCUT2D eigenvalue weighted by Gasteiger charge is 2.39. The molecule has 0 aromatic heterocycles. The number of fused-ring (bicyclic) bond motifs is 5. The van der Waals surface area contributed by atoms with Crippen molar-refractivity contribution in [1.29, 1.82) is 0 Å². The fourth-order valence-corrected chi connectivity index (χ4v) is 3.74. The molecule has 2 heteroatoms. The van der Waals surface area contributed by atoms with Gasteiger partial charge in [-0.15, -0.1) is 0 Å². The van der Waals surface area contributed by atoms with Crippen LogP contribution in [-0.2, 0) is 6.42 Å². The third kappa shape index (κ3) is 1.61. The summed E-state index contributed by atoms with van der Waals surface area (Å²) in [6.45, 7) is 3.35. The Morgan fingerprint density at radius 3 is 2.50 bits per heavy atom. The van der Waals surface area contributed by atoms with Crippen LogP contribution in [0.15, 0.2) is 48.5 Å². The van der Waals surface area contributed by atoms with E-state index in [1.54, 1.807) is 0 Å². The third-order valence-corrected chi connectivity index (χ3v) is 4.92. The van der Waals surface area contributed by atoms with Crippen LogP contribution in [0.1, 0.15) is 29.7 Å². The van der Waals surface area contributed by atoms with Crippen LogP contribution in [0.4, 0.5) is 5.69 Å². The molecule has 0 N–H and O–H groups in total. The maximum absolute atomic E-state index is 2.58. The highest BCUT2D eigenvalue weighted by Crippen LogP contribution is 2.43. The zero-order valence-electron chi connectivity index (χ0n) is 12.1. The quantitative estimate of drug-likeness (QED) is 0.719. The Balaban J connectivity index is 1.96. The molecule has 20 heavy (non-hydrogen) atoms. The average molecular weight is 264 g/mol. The van der Waals surface area contributed by atoms with Crippen LogP contribution in [0, 0.1) is 0 Å². The third-order valence-electron chi connectivity index (χ3n) is 4.92. The molecule has 2 heterocycles. The van der Waals surface area contributed by atoms with Gasteiger partial charge in [-0.3, -0.25) is 4.90 Å². The molecule has 4 rings (SSSR count). The van der Waals surface area contributed by atoms with E-state index in [2.05, 4.69) is 72.3 Å². The number of hydrogen-bond acceptors (Lipinski definition) is 2. The van der Waals surface area contributed by atoms with Crippen molar-refractivity contribution in [2.45, 2.75) is 25.4 Å². The number of hydrogen-bond donors (Lipinski definition) is 0. The minimum atomic E-state index is 0.472. The Labute approximate surface area is 120 Å². The SMILES string of the molecule is C[C@H]1[C@H]2c3ccccc3Cc3ccccc3N2CN1C. The fourth-order valence-electron chi connectivity index (χ4n) is 3.74. The molecule has 0 bridgehead atoms. The second kappa shape index (κ2) is 4.35. The number of nitrogens with zero attached hydrogens (tertiary/aromatic N) is 2. The van der Waals surface area contributed by atoms with E-state index >= 15 is 0 Å². The first-order chi connectivity index (χ1) is 9.75. The van der Waals surface area contributed by atoms with E-state index in [-0.39, 0.29) is 0 Å². The second-order valence-corrected chi connectivity index (χ2v) is 6.06. The molecule has 0 saturated carbocycles. The smallest absolute Gasteiger partial charge is 0.0715 e. The van der Waals surface area contributed by atoms with E-state index in [0.717, 1.165) is 13.1 Å². The van der Waals surface area contributed by atoms with Crippen molar-refractivity contribution in [1.82, 2.24) is 4.90 Å². The Hall–Kier alpha value is -1.80. The molecule has 0 unspecified atom stereocenters. The van der Waals surface area contributed by atoms with Crippen molar-refractivity contribution in [3.05, 3.63) is 65.2 Å². The van der Waals surface area contributed by atoms with Gasteiger partial charge in [-0.1, -0.05) is 42.5 Å². The summed E-state index contributed by atoms with van der Waals surface area (Å²) < 4.78 is 0. The van der Waals surface area contributed by atoms with Crippen LogP contribution in [-0.4, -0.2) is 24.7 Å². The Morgan fingerprint density at radius 2 is 1.65 bits per heavy atom. The number of rotatable bonds is 0. The molecule has 2 aromatic rings. The largest absolute Gasteiger partial charge is 0.350 e. The minimum absolute atomic E-state index is 0.472. The zero-order valence-corrected chi connectivity index (χ0v) is 12.1. The van der Waals surface area contributed by atoms with Crippen molar-refractivity contribution in [2.24, 2.45) is 0 Å². The monoisotopic (exact) mass is 264 g/mol. The molecule has 0 radical (unpaired) electrons. The normalized spacial score (nSPS) is 24.8. The Kier molecular flexibility index (Phi) is 2.61. The summed E-state index contributed by atoms with van der Waals surface area (Å²) in [5, 5.41) is 0. The van der Waals surface area contributed by atoms with Crippen LogP contribution < -0.4 is 4.90 Å². The first-order valence-corrected chi connectivity index (χ1v) is 7.38. The predicted molar refractivity (Wildman–Crippen MR) is 83.0 cm³/mol. The standard InChI is InChI=1S/C18H20N2/c1-13-18-16-9-5-3-7-14(16)11-15-8-4-6-10-17(15)20(18)12-19(13)2/h3-10,13,18H,11-12H2,1-2H3/t13-,18-/m0/s1. The molecule has 1 saturated heterocycles. The summed E-state index contributed by atoms with van der Waals surface area (Å²) in [5.41, 5.74) is 5.84. The summed E-state index contributed by atoms with van der Waals surface area (Å²) in [7, 11) is 2.23. The summed E-state index contributed by atoms with van der Waals surface area (Å²) in [5.74, 6) is 0. The van der Waals surface area contributed by atoms with Gasteiger partial charge in [-0.05, 0) is 43.1 Å².